The SMILES string of the molecule is O=C([CH]c1cc2ccccc2[nH]1)NCc1ccccn1. The molecule has 2 aromatic heterocycles. The number of hydrogen-bond acceptors (Lipinski definition) is 2. The van der Waals surface area contributed by atoms with Crippen molar-refractivity contribution in [2.75, 3.05) is 0 Å². The Kier molecular flexibility index (Phi) is 3.46. The Balaban J connectivity index is 1.61. The molecule has 4 nitrogen and oxygen atoms in total. The van der Waals surface area contributed by atoms with Crippen molar-refractivity contribution in [1.82, 2.24) is 15.3 Å². The number of benzene rings is 1. The molecule has 4 heteroatoms. The third-order valence-electron chi connectivity index (χ3n) is 3.01. The smallest absolute Gasteiger partial charge is 0.230 e. The van der Waals surface area contributed by atoms with Crippen LogP contribution in [0.3, 0.4) is 0 Å². The lowest BCUT2D eigenvalue weighted by atomic mass is 10.2. The maximum atomic E-state index is 11.8. The molecule has 0 aliphatic heterocycles. The van der Waals surface area contributed by atoms with Crippen LogP contribution < -0.4 is 5.32 Å². The van der Waals surface area contributed by atoms with Gasteiger partial charge in [0.25, 0.3) is 0 Å². The number of H-pyrrole nitrogens is 1. The van der Waals surface area contributed by atoms with Crippen LogP contribution in [0.1, 0.15) is 11.4 Å². The zero-order chi connectivity index (χ0) is 13.8. The number of aromatic amines is 1. The highest BCUT2D eigenvalue weighted by molar-refractivity contribution is 5.90. The summed E-state index contributed by atoms with van der Waals surface area (Å²) < 4.78 is 0. The maximum Gasteiger partial charge on any atom is 0.230 e. The number of aromatic nitrogens is 2. The van der Waals surface area contributed by atoms with E-state index in [1.807, 2.05) is 48.5 Å². The molecule has 2 heterocycles. The van der Waals surface area contributed by atoms with Crippen LogP contribution in [0, 0.1) is 6.42 Å². The molecule has 0 saturated heterocycles. The number of carbonyl (C=O) groups excluding carboxylic acids is 1. The fraction of sp³-hybridized carbons (Fsp3) is 0.0625. The Bertz CT molecular complexity index is 686. The molecule has 1 radical (unpaired) electrons. The van der Waals surface area contributed by atoms with E-state index in [-0.39, 0.29) is 5.91 Å². The van der Waals surface area contributed by atoms with E-state index in [0.29, 0.717) is 6.54 Å². The number of rotatable bonds is 4. The number of amides is 1. The van der Waals surface area contributed by atoms with Gasteiger partial charge in [0.1, 0.15) is 0 Å². The van der Waals surface area contributed by atoms with Gasteiger partial charge in [0.05, 0.1) is 18.7 Å². The van der Waals surface area contributed by atoms with Crippen molar-refractivity contribution in [1.29, 1.82) is 0 Å². The number of carbonyl (C=O) groups is 1. The second kappa shape index (κ2) is 5.57. The molecule has 0 spiro atoms. The molecule has 0 atom stereocenters. The molecule has 1 aromatic carbocycles. The minimum Gasteiger partial charge on any atom is -0.358 e. The van der Waals surface area contributed by atoms with Crippen molar-refractivity contribution in [2.45, 2.75) is 6.54 Å². The lowest BCUT2D eigenvalue weighted by Gasteiger charge is -2.03. The summed E-state index contributed by atoms with van der Waals surface area (Å²) in [7, 11) is 0. The number of nitrogens with zero attached hydrogens (tertiary/aromatic N) is 1. The van der Waals surface area contributed by atoms with Gasteiger partial charge in [0.2, 0.25) is 5.91 Å². The Morgan fingerprint density at radius 3 is 2.85 bits per heavy atom. The van der Waals surface area contributed by atoms with Gasteiger partial charge in [-0.15, -0.1) is 0 Å². The molecule has 0 bridgehead atoms. The Morgan fingerprint density at radius 1 is 1.20 bits per heavy atom. The van der Waals surface area contributed by atoms with Crippen LogP contribution in [-0.4, -0.2) is 15.9 Å². The highest BCUT2D eigenvalue weighted by atomic mass is 16.1. The van der Waals surface area contributed by atoms with E-state index in [4.69, 9.17) is 0 Å². The topological polar surface area (TPSA) is 57.8 Å². The molecule has 0 saturated carbocycles. The summed E-state index contributed by atoms with van der Waals surface area (Å²) in [6, 6.07) is 15.5. The standard InChI is InChI=1S/C16H14N3O/c20-16(18-11-13-6-3-4-8-17-13)10-14-9-12-5-1-2-7-15(12)19-14/h1-10,19H,11H2,(H,18,20). The van der Waals surface area contributed by atoms with Crippen molar-refractivity contribution in [3.8, 4) is 0 Å². The quantitative estimate of drug-likeness (QED) is 0.760. The van der Waals surface area contributed by atoms with E-state index in [0.717, 1.165) is 22.3 Å². The largest absolute Gasteiger partial charge is 0.358 e. The summed E-state index contributed by atoms with van der Waals surface area (Å²) in [6.45, 7) is 0.427. The monoisotopic (exact) mass is 264 g/mol. The van der Waals surface area contributed by atoms with E-state index in [9.17, 15) is 4.79 Å². The van der Waals surface area contributed by atoms with E-state index in [2.05, 4.69) is 15.3 Å². The summed E-state index contributed by atoms with van der Waals surface area (Å²) in [4.78, 5) is 19.2. The average Bonchev–Trinajstić information content (AvgIpc) is 2.88. The second-order valence-electron chi connectivity index (χ2n) is 4.50. The molecular weight excluding hydrogens is 250 g/mol. The molecule has 2 N–H and O–H groups in total. The minimum atomic E-state index is -0.137. The first-order valence-corrected chi connectivity index (χ1v) is 6.41. The first-order chi connectivity index (χ1) is 9.81. The molecule has 3 aromatic rings. The van der Waals surface area contributed by atoms with Crippen molar-refractivity contribution in [3.63, 3.8) is 0 Å². The van der Waals surface area contributed by atoms with Crippen molar-refractivity contribution >= 4 is 16.8 Å². The van der Waals surface area contributed by atoms with Gasteiger partial charge >= 0.3 is 0 Å². The average molecular weight is 264 g/mol. The fourth-order valence-corrected chi connectivity index (χ4v) is 2.05. The van der Waals surface area contributed by atoms with Gasteiger partial charge in [-0.3, -0.25) is 9.78 Å². The third kappa shape index (κ3) is 2.85. The Labute approximate surface area is 116 Å². The van der Waals surface area contributed by atoms with E-state index < -0.39 is 0 Å². The zero-order valence-electron chi connectivity index (χ0n) is 10.8. The van der Waals surface area contributed by atoms with Gasteiger partial charge in [-0.05, 0) is 29.7 Å². The second-order valence-corrected chi connectivity index (χ2v) is 4.50. The van der Waals surface area contributed by atoms with Crippen LogP contribution in [0.5, 0.6) is 0 Å². The molecule has 0 fully saturated rings. The van der Waals surface area contributed by atoms with Gasteiger partial charge in [0, 0.05) is 17.4 Å². The van der Waals surface area contributed by atoms with Crippen LogP contribution in [0.4, 0.5) is 0 Å². The summed E-state index contributed by atoms with van der Waals surface area (Å²) in [5.74, 6) is -0.137. The predicted molar refractivity (Wildman–Crippen MR) is 77.8 cm³/mol. The fourth-order valence-electron chi connectivity index (χ4n) is 2.05. The minimum absolute atomic E-state index is 0.137. The summed E-state index contributed by atoms with van der Waals surface area (Å²) in [5.41, 5.74) is 2.66. The van der Waals surface area contributed by atoms with E-state index in [1.165, 1.54) is 0 Å². The Morgan fingerprint density at radius 2 is 2.05 bits per heavy atom. The maximum absolute atomic E-state index is 11.8. The van der Waals surface area contributed by atoms with Gasteiger partial charge in [-0.2, -0.15) is 0 Å². The Hall–Kier alpha value is -2.62. The van der Waals surface area contributed by atoms with Crippen molar-refractivity contribution < 1.29 is 4.79 Å². The molecule has 1 amide bonds. The van der Waals surface area contributed by atoms with Crippen LogP contribution in [0.25, 0.3) is 10.9 Å². The lowest BCUT2D eigenvalue weighted by molar-refractivity contribution is -0.117. The van der Waals surface area contributed by atoms with Gasteiger partial charge in [-0.25, -0.2) is 0 Å². The highest BCUT2D eigenvalue weighted by Crippen LogP contribution is 2.15. The summed E-state index contributed by atoms with van der Waals surface area (Å²) in [5, 5.41) is 3.91. The highest BCUT2D eigenvalue weighted by Gasteiger charge is 2.07. The van der Waals surface area contributed by atoms with Crippen LogP contribution in [-0.2, 0) is 11.3 Å². The summed E-state index contributed by atoms with van der Waals surface area (Å²) >= 11 is 0. The third-order valence-corrected chi connectivity index (χ3v) is 3.01. The van der Waals surface area contributed by atoms with Crippen LogP contribution in [0.2, 0.25) is 0 Å². The molecule has 0 aliphatic carbocycles. The molecule has 0 unspecified atom stereocenters. The number of pyridine rings is 1. The lowest BCUT2D eigenvalue weighted by Crippen LogP contribution is -2.23. The van der Waals surface area contributed by atoms with Crippen molar-refractivity contribution in [2.24, 2.45) is 0 Å². The molecular formula is C16H14N3O. The summed E-state index contributed by atoms with van der Waals surface area (Å²) in [6.07, 6.45) is 3.27. The molecule has 3 rings (SSSR count). The molecule has 0 aliphatic rings. The van der Waals surface area contributed by atoms with Crippen LogP contribution >= 0.6 is 0 Å². The van der Waals surface area contributed by atoms with Crippen LogP contribution in [0.15, 0.2) is 54.7 Å². The molecule has 99 valence electrons. The number of fused-ring (bicyclic) bond motifs is 1. The zero-order valence-corrected chi connectivity index (χ0v) is 10.8. The predicted octanol–water partition coefficient (Wildman–Crippen LogP) is 2.43. The normalized spacial score (nSPS) is 10.6. The van der Waals surface area contributed by atoms with E-state index >= 15 is 0 Å². The van der Waals surface area contributed by atoms with Crippen molar-refractivity contribution in [3.05, 3.63) is 72.5 Å². The first kappa shape index (κ1) is 12.4. The first-order valence-electron chi connectivity index (χ1n) is 6.41. The number of nitrogens with one attached hydrogen (secondary N) is 2. The van der Waals surface area contributed by atoms with Gasteiger partial charge < -0.3 is 10.3 Å². The number of hydrogen-bond donors (Lipinski definition) is 2. The number of para-hydroxylation sites is 1. The van der Waals surface area contributed by atoms with Gasteiger partial charge in [0.15, 0.2) is 0 Å². The molecule has 20 heavy (non-hydrogen) atoms. The van der Waals surface area contributed by atoms with E-state index in [1.54, 1.807) is 12.6 Å². The van der Waals surface area contributed by atoms with Gasteiger partial charge in [-0.1, -0.05) is 24.3 Å².